The first-order chi connectivity index (χ1) is 18.3. The molecule has 0 radical (unpaired) electrons. The van der Waals surface area contributed by atoms with Crippen LogP contribution in [0.15, 0.2) is 41.5 Å². The van der Waals surface area contributed by atoms with Gasteiger partial charge in [-0.05, 0) is 51.6 Å². The summed E-state index contributed by atoms with van der Waals surface area (Å²) >= 11 is 5.66. The Morgan fingerprint density at radius 1 is 1.38 bits per heavy atom. The van der Waals surface area contributed by atoms with Gasteiger partial charge in [-0.15, -0.1) is 0 Å². The number of aromatic nitrogens is 4. The van der Waals surface area contributed by atoms with Gasteiger partial charge < -0.3 is 29.4 Å². The Bertz CT molecular complexity index is 1440. The maximum absolute atomic E-state index is 15.9. The fourth-order valence-electron chi connectivity index (χ4n) is 3.97. The highest BCUT2D eigenvalue weighted by Crippen LogP contribution is 2.48. The average molecular weight is 585 g/mol. The third kappa shape index (κ3) is 6.29. The number of fused-ring (bicyclic) bond motifs is 1. The molecule has 212 valence electrons. The lowest BCUT2D eigenvalue weighted by Gasteiger charge is -2.28. The molecule has 3 heterocycles. The number of nitrogens with one attached hydrogen (secondary N) is 2. The summed E-state index contributed by atoms with van der Waals surface area (Å²) in [6.45, 7) is 2.24. The molecule has 1 aliphatic heterocycles. The molecule has 1 aliphatic rings. The van der Waals surface area contributed by atoms with Crippen LogP contribution in [0.3, 0.4) is 0 Å². The van der Waals surface area contributed by atoms with Crippen molar-refractivity contribution in [2.75, 3.05) is 12.3 Å². The van der Waals surface area contributed by atoms with Crippen LogP contribution >= 0.6 is 6.64 Å². The predicted octanol–water partition coefficient (Wildman–Crippen LogP) is 1.94. The number of nitrogen functional groups attached to an aromatic ring is 1. The van der Waals surface area contributed by atoms with Gasteiger partial charge in [-0.3, -0.25) is 19.1 Å². The van der Waals surface area contributed by atoms with Gasteiger partial charge in [0.15, 0.2) is 23.1 Å². The number of H-pyrrole nitrogens is 1. The SMILES string of the molecule is CC(C)OC(=O)[C@@H](C)NP(=S)(OC[C@H]1O[C@@H](n2cnc3c(=O)[nH]c(N)nc32)[C@](C)(F)[C@@H]1O)Oc1ccccc1. The number of rotatable bonds is 10. The second kappa shape index (κ2) is 11.3. The van der Waals surface area contributed by atoms with Crippen LogP contribution in [0, 0.1) is 0 Å². The van der Waals surface area contributed by atoms with Crippen LogP contribution in [0.4, 0.5) is 10.3 Å². The number of aromatic amines is 1. The standard InChI is InChI=1S/C23H30FN6O7PS/c1-12(2)35-20(33)13(3)29-38(39,37-14-8-6-5-7-9-14)34-10-15-17(31)23(4,24)21(36-15)30-11-26-16-18(30)27-22(25)28-19(16)32/h5-9,11-13,15,17,21,31H,10H2,1-4H3,(H,29,39)(H3,25,27,28,32)/t13-,15-,17-,21-,23-,38?/m1/s1. The topological polar surface area (TPSA) is 176 Å². The molecular weight excluding hydrogens is 554 g/mol. The van der Waals surface area contributed by atoms with E-state index in [0.29, 0.717) is 5.75 Å². The zero-order valence-electron chi connectivity index (χ0n) is 21.6. The monoisotopic (exact) mass is 584 g/mol. The van der Waals surface area contributed by atoms with E-state index in [9.17, 15) is 14.7 Å². The van der Waals surface area contributed by atoms with Crippen LogP contribution in [0.25, 0.3) is 11.2 Å². The first-order valence-corrected chi connectivity index (χ1v) is 14.7. The summed E-state index contributed by atoms with van der Waals surface area (Å²) in [7, 11) is 0. The average Bonchev–Trinajstić information content (AvgIpc) is 3.36. The lowest BCUT2D eigenvalue weighted by atomic mass is 9.98. The van der Waals surface area contributed by atoms with Crippen LogP contribution < -0.4 is 20.9 Å². The molecule has 1 fully saturated rings. The van der Waals surface area contributed by atoms with E-state index in [4.69, 9.17) is 36.1 Å². The van der Waals surface area contributed by atoms with Gasteiger partial charge in [-0.25, -0.2) is 14.5 Å². The number of esters is 1. The van der Waals surface area contributed by atoms with Gasteiger partial charge in [0.2, 0.25) is 5.95 Å². The largest absolute Gasteiger partial charge is 0.462 e. The molecule has 2 aromatic heterocycles. The summed E-state index contributed by atoms with van der Waals surface area (Å²) in [6.07, 6.45) is -3.50. The Labute approximate surface area is 228 Å². The Hall–Kier alpha value is -2.94. The summed E-state index contributed by atoms with van der Waals surface area (Å²) in [6, 6.07) is 7.66. The molecule has 6 atom stereocenters. The number of nitrogens with zero attached hydrogens (tertiary/aromatic N) is 3. The van der Waals surface area contributed by atoms with Crippen LogP contribution in [0.2, 0.25) is 0 Å². The smallest absolute Gasteiger partial charge is 0.323 e. The van der Waals surface area contributed by atoms with E-state index in [-0.39, 0.29) is 23.2 Å². The fourth-order valence-corrected chi connectivity index (χ4v) is 6.39. The third-order valence-corrected chi connectivity index (χ3v) is 8.35. The van der Waals surface area contributed by atoms with Gasteiger partial charge in [0, 0.05) is 0 Å². The lowest BCUT2D eigenvalue weighted by molar-refractivity contribution is -0.149. The van der Waals surface area contributed by atoms with Gasteiger partial charge in [0.1, 0.15) is 24.0 Å². The molecule has 13 nitrogen and oxygen atoms in total. The minimum atomic E-state index is -3.47. The summed E-state index contributed by atoms with van der Waals surface area (Å²) in [5.74, 6) is -0.386. The molecule has 4 rings (SSSR count). The number of carbonyl (C=O) groups is 1. The number of alkyl halides is 1. The molecule has 1 saturated heterocycles. The van der Waals surface area contributed by atoms with Crippen molar-refractivity contribution in [3.63, 3.8) is 0 Å². The van der Waals surface area contributed by atoms with Gasteiger partial charge in [-0.1, -0.05) is 18.2 Å². The van der Waals surface area contributed by atoms with Crippen molar-refractivity contribution in [3.05, 3.63) is 47.0 Å². The van der Waals surface area contributed by atoms with Crippen molar-refractivity contribution in [1.82, 2.24) is 24.6 Å². The molecule has 3 aromatic rings. The van der Waals surface area contributed by atoms with Crippen LogP contribution in [-0.2, 0) is 30.6 Å². The molecular formula is C23H30FN6O7PS. The normalized spacial score (nSPS) is 25.5. The van der Waals surface area contributed by atoms with Crippen LogP contribution in [-0.4, -0.2) is 67.2 Å². The molecule has 1 unspecified atom stereocenters. The number of imidazole rings is 1. The Morgan fingerprint density at radius 3 is 2.74 bits per heavy atom. The number of ether oxygens (including phenoxy) is 2. The predicted molar refractivity (Wildman–Crippen MR) is 143 cm³/mol. The Kier molecular flexibility index (Phi) is 8.40. The van der Waals surface area contributed by atoms with Gasteiger partial charge >= 0.3 is 12.6 Å². The van der Waals surface area contributed by atoms with Crippen LogP contribution in [0.5, 0.6) is 5.75 Å². The van der Waals surface area contributed by atoms with Crippen LogP contribution in [0.1, 0.15) is 33.9 Å². The molecule has 0 amide bonds. The van der Waals surface area contributed by atoms with Crippen molar-refractivity contribution >= 4 is 41.5 Å². The minimum Gasteiger partial charge on any atom is -0.462 e. The Balaban J connectivity index is 1.56. The Morgan fingerprint density at radius 2 is 2.08 bits per heavy atom. The van der Waals surface area contributed by atoms with Gasteiger partial charge in [0.25, 0.3) is 5.56 Å². The molecule has 5 N–H and O–H groups in total. The number of hydrogen-bond donors (Lipinski definition) is 4. The number of nitrogens with two attached hydrogens (primary N) is 1. The second-order valence-corrected chi connectivity index (χ2v) is 12.6. The van der Waals surface area contributed by atoms with E-state index in [1.165, 1.54) is 10.9 Å². The third-order valence-electron chi connectivity index (χ3n) is 5.86. The summed E-state index contributed by atoms with van der Waals surface area (Å²) < 4.78 is 40.0. The van der Waals surface area contributed by atoms with Crippen molar-refractivity contribution in [2.24, 2.45) is 0 Å². The molecule has 1 aromatic carbocycles. The summed E-state index contributed by atoms with van der Waals surface area (Å²) in [5.41, 5.74) is 2.59. The summed E-state index contributed by atoms with van der Waals surface area (Å²) in [4.78, 5) is 34.9. The van der Waals surface area contributed by atoms with E-state index in [1.807, 2.05) is 0 Å². The van der Waals surface area contributed by atoms with Crippen molar-refractivity contribution in [3.8, 4) is 5.75 Å². The number of anilines is 1. The highest BCUT2D eigenvalue weighted by atomic mass is 32.5. The van der Waals surface area contributed by atoms with Gasteiger partial charge in [-0.2, -0.15) is 4.98 Å². The molecule has 0 saturated carbocycles. The van der Waals surface area contributed by atoms with E-state index in [1.54, 1.807) is 51.1 Å². The molecule has 0 aliphatic carbocycles. The van der Waals surface area contributed by atoms with E-state index in [2.05, 4.69) is 20.0 Å². The fraction of sp³-hybridized carbons (Fsp3) is 0.478. The maximum Gasteiger partial charge on any atom is 0.323 e. The number of hydrogen-bond acceptors (Lipinski definition) is 11. The maximum atomic E-state index is 15.9. The number of aliphatic hydroxyl groups is 1. The highest BCUT2D eigenvalue weighted by molar-refractivity contribution is 8.09. The zero-order valence-corrected chi connectivity index (χ0v) is 23.3. The van der Waals surface area contributed by atoms with Crippen molar-refractivity contribution in [2.45, 2.75) is 63.9 Å². The number of aliphatic hydroxyl groups excluding tert-OH is 1. The number of carbonyl (C=O) groups excluding carboxylic acids is 1. The van der Waals surface area contributed by atoms with E-state index >= 15 is 4.39 Å². The first kappa shape index (κ1) is 29.1. The number of para-hydroxylation sites is 1. The number of halogens is 1. The second-order valence-electron chi connectivity index (χ2n) is 9.43. The van der Waals surface area contributed by atoms with Gasteiger partial charge in [0.05, 0.1) is 19.0 Å². The summed E-state index contributed by atoms with van der Waals surface area (Å²) in [5, 5.41) is 13.7. The molecule has 16 heteroatoms. The number of benzene rings is 1. The van der Waals surface area contributed by atoms with E-state index < -0.39 is 54.9 Å². The van der Waals surface area contributed by atoms with E-state index in [0.717, 1.165) is 6.92 Å². The van der Waals surface area contributed by atoms with Crippen molar-refractivity contribution in [1.29, 1.82) is 0 Å². The lowest BCUT2D eigenvalue weighted by Crippen LogP contribution is -2.41. The quantitative estimate of drug-likeness (QED) is 0.202. The zero-order chi connectivity index (χ0) is 28.5. The molecule has 39 heavy (non-hydrogen) atoms. The minimum absolute atomic E-state index is 0.0180. The highest BCUT2D eigenvalue weighted by Gasteiger charge is 2.55. The first-order valence-electron chi connectivity index (χ1n) is 12.0. The molecule has 0 bridgehead atoms. The van der Waals surface area contributed by atoms with Crippen molar-refractivity contribution < 1.29 is 32.8 Å². The molecule has 0 spiro atoms.